The Morgan fingerprint density at radius 1 is 0.702 bits per heavy atom. The van der Waals surface area contributed by atoms with E-state index in [4.69, 9.17) is 18.9 Å². The summed E-state index contributed by atoms with van der Waals surface area (Å²) in [6.07, 6.45) is -0.420. The Morgan fingerprint density at radius 2 is 1.21 bits per heavy atom. The molecular formula is C35H42N4O8. The number of carbonyl (C=O) groups excluding carboxylic acids is 4. The first-order valence-electron chi connectivity index (χ1n) is 15.4. The summed E-state index contributed by atoms with van der Waals surface area (Å²) in [5.41, 5.74) is 2.47. The number of nitrogens with zero attached hydrogens (tertiary/aromatic N) is 1. The van der Waals surface area contributed by atoms with Crippen molar-refractivity contribution in [2.75, 3.05) is 13.7 Å². The van der Waals surface area contributed by atoms with Crippen LogP contribution in [0.3, 0.4) is 0 Å². The van der Waals surface area contributed by atoms with Gasteiger partial charge < -0.3 is 24.3 Å². The van der Waals surface area contributed by atoms with Gasteiger partial charge >= 0.3 is 18.2 Å². The van der Waals surface area contributed by atoms with Crippen molar-refractivity contribution in [2.45, 2.75) is 64.6 Å². The Hall–Kier alpha value is -5.23. The van der Waals surface area contributed by atoms with Crippen molar-refractivity contribution in [2.24, 2.45) is 4.99 Å². The molecule has 0 aromatic heterocycles. The summed E-state index contributed by atoms with van der Waals surface area (Å²) in [5.74, 6) is -1.12. The number of hydrogen-bond donors (Lipinski definition) is 3. The van der Waals surface area contributed by atoms with Crippen LogP contribution in [-0.2, 0) is 41.8 Å². The second-order valence-electron chi connectivity index (χ2n) is 10.4. The molecule has 2 atom stereocenters. The first-order valence-corrected chi connectivity index (χ1v) is 15.4. The molecule has 0 aliphatic heterocycles. The van der Waals surface area contributed by atoms with Crippen LogP contribution in [0.15, 0.2) is 96.0 Å². The highest BCUT2D eigenvalue weighted by molar-refractivity contribution is 6.01. The normalized spacial score (nSPS) is 11.7. The second kappa shape index (κ2) is 20.7. The fourth-order valence-corrected chi connectivity index (χ4v) is 4.24. The number of methoxy groups -OCH3 is 1. The summed E-state index contributed by atoms with van der Waals surface area (Å²) in [6, 6.07) is 27.7. The van der Waals surface area contributed by atoms with Crippen molar-refractivity contribution in [3.05, 3.63) is 108 Å². The molecule has 0 aliphatic carbocycles. The first kappa shape index (κ1) is 36.2. The molecule has 0 aliphatic rings. The van der Waals surface area contributed by atoms with Gasteiger partial charge in [0.05, 0.1) is 13.2 Å². The fourth-order valence-electron chi connectivity index (χ4n) is 4.24. The number of benzene rings is 3. The Balaban J connectivity index is 1.42. The third kappa shape index (κ3) is 14.6. The molecular weight excluding hydrogens is 604 g/mol. The van der Waals surface area contributed by atoms with E-state index < -0.39 is 30.5 Å². The zero-order chi connectivity index (χ0) is 33.7. The minimum Gasteiger partial charge on any atom is -0.466 e. The predicted molar refractivity (Wildman–Crippen MR) is 175 cm³/mol. The average Bonchev–Trinajstić information content (AvgIpc) is 3.10. The second-order valence-corrected chi connectivity index (χ2v) is 10.4. The Kier molecular flexibility index (Phi) is 16.0. The molecule has 3 amide bonds. The number of unbranched alkanes of at least 4 members (excludes halogenated alkanes) is 3. The van der Waals surface area contributed by atoms with E-state index in [1.54, 1.807) is 6.92 Å². The third-order valence-corrected chi connectivity index (χ3v) is 6.76. The van der Waals surface area contributed by atoms with E-state index >= 15 is 0 Å². The van der Waals surface area contributed by atoms with Crippen molar-refractivity contribution in [1.82, 2.24) is 16.0 Å². The van der Waals surface area contributed by atoms with Crippen LogP contribution in [0, 0.1) is 0 Å². The molecule has 0 fully saturated rings. The van der Waals surface area contributed by atoms with Gasteiger partial charge in [-0.2, -0.15) is 0 Å². The van der Waals surface area contributed by atoms with Gasteiger partial charge in [-0.1, -0.05) is 104 Å². The molecule has 0 spiro atoms. The van der Waals surface area contributed by atoms with Gasteiger partial charge in [0.15, 0.2) is 0 Å². The highest BCUT2D eigenvalue weighted by atomic mass is 16.6. The lowest BCUT2D eigenvalue weighted by molar-refractivity contribution is -0.163. The number of nitrogens with one attached hydrogen (secondary N) is 3. The van der Waals surface area contributed by atoms with Crippen LogP contribution in [0.2, 0.25) is 0 Å². The number of alkyl carbamates (subject to hydrolysis) is 2. The molecule has 12 nitrogen and oxygen atoms in total. The van der Waals surface area contributed by atoms with Gasteiger partial charge in [0.25, 0.3) is 0 Å². The van der Waals surface area contributed by atoms with Gasteiger partial charge in [-0.3, -0.25) is 20.4 Å². The zero-order valence-corrected chi connectivity index (χ0v) is 26.7. The Labute approximate surface area is 274 Å². The van der Waals surface area contributed by atoms with Crippen molar-refractivity contribution in [3.63, 3.8) is 0 Å². The average molecular weight is 647 g/mol. The van der Waals surface area contributed by atoms with Crippen LogP contribution >= 0.6 is 0 Å². The van der Waals surface area contributed by atoms with E-state index in [-0.39, 0.29) is 38.0 Å². The van der Waals surface area contributed by atoms with Crippen molar-refractivity contribution < 1.29 is 38.1 Å². The lowest BCUT2D eigenvalue weighted by Crippen LogP contribution is -2.44. The summed E-state index contributed by atoms with van der Waals surface area (Å²) in [5, 5.41) is 7.53. The largest absolute Gasteiger partial charge is 0.466 e. The summed E-state index contributed by atoms with van der Waals surface area (Å²) in [4.78, 5) is 53.9. The van der Waals surface area contributed by atoms with E-state index in [1.165, 1.54) is 7.11 Å². The topological polar surface area (TPSA) is 154 Å². The highest BCUT2D eigenvalue weighted by Crippen LogP contribution is 2.18. The molecule has 12 heteroatoms. The van der Waals surface area contributed by atoms with Crippen LogP contribution in [0.4, 0.5) is 9.59 Å². The van der Waals surface area contributed by atoms with Crippen LogP contribution in [0.25, 0.3) is 0 Å². The van der Waals surface area contributed by atoms with Crippen molar-refractivity contribution >= 4 is 30.0 Å². The molecule has 1 unspecified atom stereocenters. The molecule has 47 heavy (non-hydrogen) atoms. The van der Waals surface area contributed by atoms with E-state index in [1.807, 2.05) is 91.0 Å². The van der Waals surface area contributed by atoms with Gasteiger partial charge in [0, 0.05) is 13.0 Å². The first-order chi connectivity index (χ1) is 22.8. The highest BCUT2D eigenvalue weighted by Gasteiger charge is 2.25. The van der Waals surface area contributed by atoms with E-state index in [0.29, 0.717) is 19.3 Å². The molecule has 0 saturated carbocycles. The molecule has 0 heterocycles. The Morgan fingerprint density at radius 3 is 1.74 bits per heavy atom. The molecule has 3 rings (SSSR count). The van der Waals surface area contributed by atoms with E-state index in [2.05, 4.69) is 20.9 Å². The number of rotatable bonds is 16. The molecule has 0 radical (unpaired) electrons. The number of esters is 1. The minimum absolute atomic E-state index is 0.0462. The third-order valence-electron chi connectivity index (χ3n) is 6.76. The molecule has 0 bridgehead atoms. The summed E-state index contributed by atoms with van der Waals surface area (Å²) < 4.78 is 21.1. The summed E-state index contributed by atoms with van der Waals surface area (Å²) >= 11 is 0. The monoisotopic (exact) mass is 646 g/mol. The standard InChI is InChI=1S/C35H42N4O8/c1-26(29-20-12-7-13-21-29)47-31(32(41)44-2)37-30(40)22-14-3-4-15-23-36-33(38-34(42)45-24-27-16-8-5-9-17-27)39-35(43)46-25-28-18-10-6-11-19-28/h5-13,16-21,26,31H,3-4,14-15,22-25H2,1-2H3,(H,37,40)(H2,36,38,39,42,43)/t26-,31?/m0/s1. The zero-order valence-electron chi connectivity index (χ0n) is 26.7. The lowest BCUT2D eigenvalue weighted by atomic mass is 10.1. The number of guanidine groups is 1. The molecule has 3 aromatic carbocycles. The number of carbonyl (C=O) groups is 4. The Bertz CT molecular complexity index is 1360. The van der Waals surface area contributed by atoms with Crippen LogP contribution in [-0.4, -0.2) is 49.9 Å². The fraction of sp³-hybridized carbons (Fsp3) is 0.343. The van der Waals surface area contributed by atoms with Gasteiger partial charge in [-0.15, -0.1) is 0 Å². The maximum absolute atomic E-state index is 12.5. The maximum atomic E-state index is 12.5. The van der Waals surface area contributed by atoms with Gasteiger partial charge in [0.2, 0.25) is 18.1 Å². The summed E-state index contributed by atoms with van der Waals surface area (Å²) in [6.45, 7) is 2.17. The van der Waals surface area contributed by atoms with Crippen LogP contribution < -0.4 is 16.0 Å². The smallest absolute Gasteiger partial charge is 0.414 e. The molecule has 250 valence electrons. The molecule has 3 aromatic rings. The van der Waals surface area contributed by atoms with Crippen LogP contribution in [0.1, 0.15) is 61.8 Å². The van der Waals surface area contributed by atoms with Gasteiger partial charge in [0.1, 0.15) is 13.2 Å². The minimum atomic E-state index is -1.23. The van der Waals surface area contributed by atoms with Crippen LogP contribution in [0.5, 0.6) is 0 Å². The lowest BCUT2D eigenvalue weighted by Gasteiger charge is -2.21. The van der Waals surface area contributed by atoms with E-state index in [9.17, 15) is 19.2 Å². The summed E-state index contributed by atoms with van der Waals surface area (Å²) in [7, 11) is 1.23. The number of amides is 3. The van der Waals surface area contributed by atoms with Crippen molar-refractivity contribution in [1.29, 1.82) is 0 Å². The van der Waals surface area contributed by atoms with Gasteiger partial charge in [-0.05, 0) is 36.5 Å². The number of hydrogen-bond acceptors (Lipinski definition) is 9. The SMILES string of the molecule is COC(=O)C(NC(=O)CCCCCCN=C(NC(=O)OCc1ccccc1)NC(=O)OCc1ccccc1)O[C@@H](C)c1ccccc1. The predicted octanol–water partition coefficient (Wildman–Crippen LogP) is 5.54. The van der Waals surface area contributed by atoms with Gasteiger partial charge in [-0.25, -0.2) is 14.4 Å². The maximum Gasteiger partial charge on any atom is 0.414 e. The number of aliphatic imine (C=N–C) groups is 1. The molecule has 3 N–H and O–H groups in total. The molecule has 0 saturated heterocycles. The quantitative estimate of drug-likeness (QED) is 0.0458. The van der Waals surface area contributed by atoms with E-state index in [0.717, 1.165) is 23.1 Å². The van der Waals surface area contributed by atoms with Crippen molar-refractivity contribution in [3.8, 4) is 0 Å². The number of ether oxygens (including phenoxy) is 4.